The fourth-order valence-corrected chi connectivity index (χ4v) is 2.49. The van der Waals surface area contributed by atoms with Crippen LogP contribution in [0.2, 0.25) is 0 Å². The maximum atomic E-state index is 4.44. The van der Waals surface area contributed by atoms with Crippen LogP contribution in [0.1, 0.15) is 29.8 Å². The van der Waals surface area contributed by atoms with Gasteiger partial charge < -0.3 is 5.32 Å². The van der Waals surface area contributed by atoms with E-state index in [-0.39, 0.29) is 0 Å². The molecule has 0 bridgehead atoms. The summed E-state index contributed by atoms with van der Waals surface area (Å²) in [6.07, 6.45) is 6.83. The minimum absolute atomic E-state index is 0.316. The molecule has 92 valence electrons. The van der Waals surface area contributed by atoms with E-state index in [0.717, 1.165) is 19.5 Å². The fraction of sp³-hybridized carbons (Fsp3) is 0.500. The lowest BCUT2D eigenvalue weighted by molar-refractivity contribution is 0.506. The second-order valence-corrected chi connectivity index (χ2v) is 5.11. The summed E-state index contributed by atoms with van der Waals surface area (Å²) < 4.78 is 1.93. The zero-order valence-electron chi connectivity index (χ0n) is 10.3. The third kappa shape index (κ3) is 3.38. The predicted molar refractivity (Wildman–Crippen MR) is 70.1 cm³/mol. The molecule has 2 aromatic rings. The Morgan fingerprint density at radius 2 is 2.41 bits per heavy atom. The minimum atomic E-state index is 0.316. The first-order valence-corrected chi connectivity index (χ1v) is 6.76. The van der Waals surface area contributed by atoms with E-state index in [2.05, 4.69) is 29.2 Å². The van der Waals surface area contributed by atoms with Gasteiger partial charge in [0.05, 0.1) is 12.6 Å². The SMILES string of the molecule is CCc1cnc(C(C)NCCn2cccn2)s1. The van der Waals surface area contributed by atoms with E-state index in [1.165, 1.54) is 9.88 Å². The molecule has 0 saturated heterocycles. The molecule has 0 aliphatic rings. The van der Waals surface area contributed by atoms with Crippen molar-refractivity contribution in [3.8, 4) is 0 Å². The number of nitrogens with one attached hydrogen (secondary N) is 1. The van der Waals surface area contributed by atoms with E-state index in [1.54, 1.807) is 17.5 Å². The number of hydrogen-bond acceptors (Lipinski definition) is 4. The Bertz CT molecular complexity index is 435. The van der Waals surface area contributed by atoms with Gasteiger partial charge in [0.15, 0.2) is 0 Å². The molecule has 0 aliphatic heterocycles. The number of thiazole rings is 1. The second-order valence-electron chi connectivity index (χ2n) is 3.96. The standard InChI is InChI=1S/C12H18N4S/c1-3-11-9-14-12(17-11)10(2)13-6-8-16-7-4-5-15-16/h4-5,7,9-10,13H,3,6,8H2,1-2H3. The summed E-state index contributed by atoms with van der Waals surface area (Å²) in [5, 5.41) is 8.80. The molecule has 1 unspecified atom stereocenters. The van der Waals surface area contributed by atoms with Crippen LogP contribution in [0.3, 0.4) is 0 Å². The van der Waals surface area contributed by atoms with Crippen LogP contribution in [-0.4, -0.2) is 21.3 Å². The fourth-order valence-electron chi connectivity index (χ4n) is 1.60. The van der Waals surface area contributed by atoms with Crippen molar-refractivity contribution in [3.63, 3.8) is 0 Å². The van der Waals surface area contributed by atoms with Gasteiger partial charge in [-0.25, -0.2) is 4.98 Å². The van der Waals surface area contributed by atoms with Crippen LogP contribution in [0.25, 0.3) is 0 Å². The molecule has 1 N–H and O–H groups in total. The Hall–Kier alpha value is -1.20. The molecule has 0 aliphatic carbocycles. The van der Waals surface area contributed by atoms with Crippen LogP contribution in [-0.2, 0) is 13.0 Å². The third-order valence-corrected chi connectivity index (χ3v) is 3.97. The number of aromatic nitrogens is 3. The topological polar surface area (TPSA) is 42.7 Å². The first-order chi connectivity index (χ1) is 8.29. The van der Waals surface area contributed by atoms with E-state index in [9.17, 15) is 0 Å². The molecule has 1 atom stereocenters. The quantitative estimate of drug-likeness (QED) is 0.855. The Balaban J connectivity index is 1.78. The van der Waals surface area contributed by atoms with Gasteiger partial charge in [-0.2, -0.15) is 5.10 Å². The van der Waals surface area contributed by atoms with Gasteiger partial charge in [0, 0.05) is 30.0 Å². The van der Waals surface area contributed by atoms with Gasteiger partial charge in [0.1, 0.15) is 5.01 Å². The van der Waals surface area contributed by atoms with Gasteiger partial charge in [-0.05, 0) is 19.4 Å². The lowest BCUT2D eigenvalue weighted by Crippen LogP contribution is -2.23. The molecular formula is C12H18N4S. The van der Waals surface area contributed by atoms with Gasteiger partial charge in [0.2, 0.25) is 0 Å². The third-order valence-electron chi connectivity index (χ3n) is 2.64. The maximum Gasteiger partial charge on any atom is 0.109 e. The highest BCUT2D eigenvalue weighted by molar-refractivity contribution is 7.11. The summed E-state index contributed by atoms with van der Waals surface area (Å²) in [5.41, 5.74) is 0. The molecule has 0 fully saturated rings. The first-order valence-electron chi connectivity index (χ1n) is 5.95. The van der Waals surface area contributed by atoms with Gasteiger partial charge >= 0.3 is 0 Å². The van der Waals surface area contributed by atoms with Crippen LogP contribution in [0, 0.1) is 0 Å². The zero-order chi connectivity index (χ0) is 12.1. The molecule has 2 rings (SSSR count). The van der Waals surface area contributed by atoms with Crippen molar-refractivity contribution in [2.75, 3.05) is 6.54 Å². The normalized spacial score (nSPS) is 12.8. The van der Waals surface area contributed by atoms with Crippen molar-refractivity contribution >= 4 is 11.3 Å². The van der Waals surface area contributed by atoms with Crippen molar-refractivity contribution in [1.29, 1.82) is 0 Å². The summed E-state index contributed by atoms with van der Waals surface area (Å²) in [5.74, 6) is 0. The van der Waals surface area contributed by atoms with Crippen molar-refractivity contribution in [1.82, 2.24) is 20.1 Å². The van der Waals surface area contributed by atoms with E-state index in [0.29, 0.717) is 6.04 Å². The Morgan fingerprint density at radius 3 is 3.06 bits per heavy atom. The highest BCUT2D eigenvalue weighted by atomic mass is 32.1. The minimum Gasteiger partial charge on any atom is -0.306 e. The van der Waals surface area contributed by atoms with Crippen molar-refractivity contribution in [3.05, 3.63) is 34.5 Å². The summed E-state index contributed by atoms with van der Waals surface area (Å²) >= 11 is 1.79. The number of rotatable bonds is 6. The Kier molecular flexibility index (Phi) is 4.28. The molecule has 0 radical (unpaired) electrons. The average molecular weight is 250 g/mol. The average Bonchev–Trinajstić information content (AvgIpc) is 2.99. The Labute approximate surface area is 106 Å². The molecular weight excluding hydrogens is 232 g/mol. The van der Waals surface area contributed by atoms with Crippen molar-refractivity contribution < 1.29 is 0 Å². The molecule has 0 amide bonds. The lowest BCUT2D eigenvalue weighted by atomic mass is 10.3. The first kappa shape index (κ1) is 12.3. The van der Waals surface area contributed by atoms with Crippen LogP contribution < -0.4 is 5.32 Å². The highest BCUT2D eigenvalue weighted by Gasteiger charge is 2.08. The van der Waals surface area contributed by atoms with E-state index in [1.807, 2.05) is 23.1 Å². The molecule has 0 saturated carbocycles. The summed E-state index contributed by atoms with van der Waals surface area (Å²) in [4.78, 5) is 5.78. The monoisotopic (exact) mass is 250 g/mol. The van der Waals surface area contributed by atoms with Gasteiger partial charge in [-0.1, -0.05) is 6.92 Å². The van der Waals surface area contributed by atoms with Crippen molar-refractivity contribution in [2.24, 2.45) is 0 Å². The molecule has 2 heterocycles. The van der Waals surface area contributed by atoms with Crippen LogP contribution in [0.15, 0.2) is 24.7 Å². The molecule has 2 aromatic heterocycles. The summed E-state index contributed by atoms with van der Waals surface area (Å²) in [7, 11) is 0. The maximum absolute atomic E-state index is 4.44. The molecule has 5 heteroatoms. The highest BCUT2D eigenvalue weighted by Crippen LogP contribution is 2.19. The molecule has 0 spiro atoms. The zero-order valence-corrected chi connectivity index (χ0v) is 11.1. The smallest absolute Gasteiger partial charge is 0.109 e. The number of hydrogen-bond donors (Lipinski definition) is 1. The summed E-state index contributed by atoms with van der Waals surface area (Å²) in [6, 6.07) is 2.26. The molecule has 0 aromatic carbocycles. The second kappa shape index (κ2) is 5.93. The largest absolute Gasteiger partial charge is 0.306 e. The lowest BCUT2D eigenvalue weighted by Gasteiger charge is -2.10. The number of nitrogens with zero attached hydrogens (tertiary/aromatic N) is 3. The summed E-state index contributed by atoms with van der Waals surface area (Å²) in [6.45, 7) is 6.11. The molecule has 17 heavy (non-hydrogen) atoms. The van der Waals surface area contributed by atoms with E-state index >= 15 is 0 Å². The predicted octanol–water partition coefficient (Wildman–Crippen LogP) is 2.25. The van der Waals surface area contributed by atoms with Gasteiger partial charge in [0.25, 0.3) is 0 Å². The number of aryl methyl sites for hydroxylation is 1. The Morgan fingerprint density at radius 1 is 1.53 bits per heavy atom. The van der Waals surface area contributed by atoms with Crippen LogP contribution in [0.5, 0.6) is 0 Å². The van der Waals surface area contributed by atoms with Gasteiger partial charge in [-0.15, -0.1) is 11.3 Å². The van der Waals surface area contributed by atoms with Crippen LogP contribution in [0.4, 0.5) is 0 Å². The van der Waals surface area contributed by atoms with E-state index in [4.69, 9.17) is 0 Å². The van der Waals surface area contributed by atoms with Gasteiger partial charge in [-0.3, -0.25) is 4.68 Å². The van der Waals surface area contributed by atoms with Crippen LogP contribution >= 0.6 is 11.3 Å². The molecule has 4 nitrogen and oxygen atoms in total. The van der Waals surface area contributed by atoms with Crippen molar-refractivity contribution in [2.45, 2.75) is 32.9 Å². The van der Waals surface area contributed by atoms with E-state index < -0.39 is 0 Å².